The fraction of sp³-hybridized carbons (Fsp3) is 0.364. The summed E-state index contributed by atoms with van der Waals surface area (Å²) in [5.74, 6) is 0. The zero-order chi connectivity index (χ0) is 9.26. The molecule has 0 saturated carbocycles. The SMILES string of the molecule is CC1CCN1c1ccc(C=O)cc1. The van der Waals surface area contributed by atoms with E-state index in [1.807, 2.05) is 24.3 Å². The molecular weight excluding hydrogens is 162 g/mol. The van der Waals surface area contributed by atoms with Crippen molar-refractivity contribution in [1.29, 1.82) is 0 Å². The van der Waals surface area contributed by atoms with Gasteiger partial charge in [0.2, 0.25) is 0 Å². The van der Waals surface area contributed by atoms with Gasteiger partial charge in [-0.1, -0.05) is 0 Å². The van der Waals surface area contributed by atoms with Gasteiger partial charge in [0, 0.05) is 23.8 Å². The molecule has 0 aromatic heterocycles. The van der Waals surface area contributed by atoms with Gasteiger partial charge >= 0.3 is 0 Å². The van der Waals surface area contributed by atoms with Crippen LogP contribution in [0.15, 0.2) is 24.3 Å². The fourth-order valence-electron chi connectivity index (χ4n) is 1.64. The molecule has 0 bridgehead atoms. The van der Waals surface area contributed by atoms with E-state index in [4.69, 9.17) is 0 Å². The minimum absolute atomic E-state index is 0.655. The Hall–Kier alpha value is -1.31. The Morgan fingerprint density at radius 3 is 2.46 bits per heavy atom. The van der Waals surface area contributed by atoms with Crippen LogP contribution in [0.5, 0.6) is 0 Å². The average molecular weight is 175 g/mol. The van der Waals surface area contributed by atoms with Crippen molar-refractivity contribution in [3.05, 3.63) is 29.8 Å². The molecule has 0 amide bonds. The summed E-state index contributed by atoms with van der Waals surface area (Å²) in [5, 5.41) is 0. The van der Waals surface area contributed by atoms with Crippen LogP contribution in [-0.4, -0.2) is 18.9 Å². The number of carbonyl (C=O) groups excluding carboxylic acids is 1. The third kappa shape index (κ3) is 1.44. The first-order chi connectivity index (χ1) is 6.31. The van der Waals surface area contributed by atoms with Crippen LogP contribution in [0.25, 0.3) is 0 Å². The molecule has 0 spiro atoms. The van der Waals surface area contributed by atoms with Gasteiger partial charge in [-0.15, -0.1) is 0 Å². The summed E-state index contributed by atoms with van der Waals surface area (Å²) in [7, 11) is 0. The van der Waals surface area contributed by atoms with Crippen LogP contribution in [0.1, 0.15) is 23.7 Å². The van der Waals surface area contributed by atoms with E-state index in [1.165, 1.54) is 12.1 Å². The van der Waals surface area contributed by atoms with Crippen molar-refractivity contribution in [2.24, 2.45) is 0 Å². The van der Waals surface area contributed by atoms with Crippen LogP contribution in [-0.2, 0) is 0 Å². The molecule has 13 heavy (non-hydrogen) atoms. The first kappa shape index (κ1) is 8.30. The van der Waals surface area contributed by atoms with Gasteiger partial charge in [-0.2, -0.15) is 0 Å². The predicted octanol–water partition coefficient (Wildman–Crippen LogP) is 2.10. The molecule has 68 valence electrons. The van der Waals surface area contributed by atoms with Gasteiger partial charge < -0.3 is 4.90 Å². The van der Waals surface area contributed by atoms with E-state index in [1.54, 1.807) is 0 Å². The topological polar surface area (TPSA) is 20.3 Å². The fourth-order valence-corrected chi connectivity index (χ4v) is 1.64. The number of anilines is 1. The van der Waals surface area contributed by atoms with Crippen molar-refractivity contribution in [2.45, 2.75) is 19.4 Å². The van der Waals surface area contributed by atoms with Gasteiger partial charge in [-0.3, -0.25) is 4.79 Å². The molecule has 1 aliphatic heterocycles. The molecule has 1 atom stereocenters. The van der Waals surface area contributed by atoms with E-state index in [0.717, 1.165) is 18.4 Å². The largest absolute Gasteiger partial charge is 0.369 e. The molecular formula is C11H13NO. The van der Waals surface area contributed by atoms with Crippen molar-refractivity contribution in [1.82, 2.24) is 0 Å². The molecule has 2 heteroatoms. The summed E-state index contributed by atoms with van der Waals surface area (Å²) in [4.78, 5) is 12.8. The second kappa shape index (κ2) is 3.21. The first-order valence-corrected chi connectivity index (χ1v) is 4.63. The quantitative estimate of drug-likeness (QED) is 0.641. The molecule has 1 unspecified atom stereocenters. The van der Waals surface area contributed by atoms with Gasteiger partial charge in [-0.25, -0.2) is 0 Å². The predicted molar refractivity (Wildman–Crippen MR) is 53.3 cm³/mol. The second-order valence-corrected chi connectivity index (χ2v) is 3.54. The highest BCUT2D eigenvalue weighted by Gasteiger charge is 2.22. The molecule has 0 N–H and O–H groups in total. The molecule has 1 heterocycles. The number of hydrogen-bond acceptors (Lipinski definition) is 2. The Labute approximate surface area is 78.2 Å². The van der Waals surface area contributed by atoms with Gasteiger partial charge in [0.05, 0.1) is 0 Å². The smallest absolute Gasteiger partial charge is 0.150 e. The minimum atomic E-state index is 0.655. The van der Waals surface area contributed by atoms with Crippen LogP contribution in [0.3, 0.4) is 0 Å². The van der Waals surface area contributed by atoms with E-state index in [-0.39, 0.29) is 0 Å². The number of nitrogens with zero attached hydrogens (tertiary/aromatic N) is 1. The second-order valence-electron chi connectivity index (χ2n) is 3.54. The highest BCUT2D eigenvalue weighted by molar-refractivity contribution is 5.75. The van der Waals surface area contributed by atoms with Crippen molar-refractivity contribution < 1.29 is 4.79 Å². The lowest BCUT2D eigenvalue weighted by molar-refractivity contribution is 0.112. The Balaban J connectivity index is 2.17. The maximum absolute atomic E-state index is 10.4. The zero-order valence-corrected chi connectivity index (χ0v) is 7.73. The standard InChI is InChI=1S/C11H13NO/c1-9-6-7-12(9)11-4-2-10(8-13)3-5-11/h2-5,8-9H,6-7H2,1H3. The maximum atomic E-state index is 10.4. The first-order valence-electron chi connectivity index (χ1n) is 4.63. The zero-order valence-electron chi connectivity index (χ0n) is 7.73. The number of rotatable bonds is 2. The highest BCUT2D eigenvalue weighted by Crippen LogP contribution is 2.25. The van der Waals surface area contributed by atoms with Crippen LogP contribution < -0.4 is 4.90 Å². The van der Waals surface area contributed by atoms with Crippen molar-refractivity contribution >= 4 is 12.0 Å². The van der Waals surface area contributed by atoms with E-state index in [2.05, 4.69) is 11.8 Å². The number of aldehydes is 1. The van der Waals surface area contributed by atoms with Gasteiger partial charge in [0.1, 0.15) is 6.29 Å². The average Bonchev–Trinajstić information content (AvgIpc) is 2.17. The molecule has 1 aromatic rings. The number of hydrogen-bond donors (Lipinski definition) is 0. The molecule has 1 saturated heterocycles. The molecule has 2 rings (SSSR count). The third-order valence-electron chi connectivity index (χ3n) is 2.68. The normalized spacial score (nSPS) is 21.0. The summed E-state index contributed by atoms with van der Waals surface area (Å²) in [6.45, 7) is 3.36. The lowest BCUT2D eigenvalue weighted by atomic mass is 10.0. The lowest BCUT2D eigenvalue weighted by Gasteiger charge is -2.40. The summed E-state index contributed by atoms with van der Waals surface area (Å²) in [5.41, 5.74) is 1.97. The monoisotopic (exact) mass is 175 g/mol. The summed E-state index contributed by atoms with van der Waals surface area (Å²) in [6.07, 6.45) is 2.15. The Morgan fingerprint density at radius 1 is 1.38 bits per heavy atom. The van der Waals surface area contributed by atoms with E-state index < -0.39 is 0 Å². The van der Waals surface area contributed by atoms with Crippen LogP contribution in [0.2, 0.25) is 0 Å². The number of carbonyl (C=O) groups is 1. The third-order valence-corrected chi connectivity index (χ3v) is 2.68. The Bertz CT molecular complexity index is 304. The Morgan fingerprint density at radius 2 is 2.08 bits per heavy atom. The van der Waals surface area contributed by atoms with E-state index >= 15 is 0 Å². The molecule has 0 radical (unpaired) electrons. The van der Waals surface area contributed by atoms with Crippen LogP contribution >= 0.6 is 0 Å². The molecule has 0 aliphatic carbocycles. The number of benzene rings is 1. The van der Waals surface area contributed by atoms with Crippen LogP contribution in [0, 0.1) is 0 Å². The van der Waals surface area contributed by atoms with Crippen molar-refractivity contribution in [3.63, 3.8) is 0 Å². The van der Waals surface area contributed by atoms with Crippen molar-refractivity contribution in [2.75, 3.05) is 11.4 Å². The van der Waals surface area contributed by atoms with Crippen molar-refractivity contribution in [3.8, 4) is 0 Å². The van der Waals surface area contributed by atoms with E-state index in [9.17, 15) is 4.79 Å². The molecule has 1 aromatic carbocycles. The molecule has 2 nitrogen and oxygen atoms in total. The highest BCUT2D eigenvalue weighted by atomic mass is 16.1. The summed E-state index contributed by atoms with van der Waals surface area (Å²) >= 11 is 0. The summed E-state index contributed by atoms with van der Waals surface area (Å²) < 4.78 is 0. The van der Waals surface area contributed by atoms with Gasteiger partial charge in [0.15, 0.2) is 0 Å². The minimum Gasteiger partial charge on any atom is -0.369 e. The lowest BCUT2D eigenvalue weighted by Crippen LogP contribution is -2.45. The van der Waals surface area contributed by atoms with Gasteiger partial charge in [-0.05, 0) is 37.6 Å². The Kier molecular flexibility index (Phi) is 2.05. The van der Waals surface area contributed by atoms with Gasteiger partial charge in [0.25, 0.3) is 0 Å². The molecule has 1 aliphatic rings. The summed E-state index contributed by atoms with van der Waals surface area (Å²) in [6, 6.07) is 8.42. The maximum Gasteiger partial charge on any atom is 0.150 e. The van der Waals surface area contributed by atoms with E-state index in [0.29, 0.717) is 6.04 Å². The molecule has 1 fully saturated rings. The van der Waals surface area contributed by atoms with Crippen LogP contribution in [0.4, 0.5) is 5.69 Å².